The van der Waals surface area contributed by atoms with Crippen LogP contribution in [0.2, 0.25) is 0 Å². The third-order valence-electron chi connectivity index (χ3n) is 3.53. The molecule has 3 rings (SSSR count). The second-order valence-corrected chi connectivity index (χ2v) is 5.98. The topological polar surface area (TPSA) is 67.4 Å². The summed E-state index contributed by atoms with van der Waals surface area (Å²) < 4.78 is 5.15. The van der Waals surface area contributed by atoms with Gasteiger partial charge in [-0.15, -0.1) is 0 Å². The lowest BCUT2D eigenvalue weighted by atomic mass is 10.1. The quantitative estimate of drug-likeness (QED) is 0.721. The van der Waals surface area contributed by atoms with Crippen molar-refractivity contribution >= 4 is 34.5 Å². The number of hydrogen-bond donors (Lipinski definition) is 2. The molecule has 6 heteroatoms. The Balaban J connectivity index is 1.79. The number of para-hydroxylation sites is 1. The molecule has 0 atom stereocenters. The van der Waals surface area contributed by atoms with Crippen LogP contribution in [0.3, 0.4) is 0 Å². The first kappa shape index (κ1) is 16.7. The molecule has 0 spiro atoms. The van der Waals surface area contributed by atoms with E-state index in [1.807, 2.05) is 5.38 Å². The van der Waals surface area contributed by atoms with Crippen molar-refractivity contribution < 1.29 is 14.3 Å². The van der Waals surface area contributed by atoms with Gasteiger partial charge < -0.3 is 15.4 Å². The number of rotatable bonds is 5. The minimum atomic E-state index is -0.311. The lowest BCUT2D eigenvalue weighted by molar-refractivity contribution is 0.102. The van der Waals surface area contributed by atoms with Crippen LogP contribution in [-0.2, 0) is 0 Å². The highest BCUT2D eigenvalue weighted by molar-refractivity contribution is 7.08. The fraction of sp³-hybridized carbons (Fsp3) is 0.0526. The molecule has 0 unspecified atom stereocenters. The van der Waals surface area contributed by atoms with E-state index in [9.17, 15) is 9.59 Å². The molecule has 3 aromatic rings. The third-order valence-corrected chi connectivity index (χ3v) is 4.21. The summed E-state index contributed by atoms with van der Waals surface area (Å²) >= 11 is 1.44. The number of thiophene rings is 1. The molecule has 0 fully saturated rings. The summed E-state index contributed by atoms with van der Waals surface area (Å²) in [7, 11) is 1.57. The van der Waals surface area contributed by atoms with Crippen LogP contribution < -0.4 is 15.4 Å². The second kappa shape index (κ2) is 7.63. The Bertz CT molecular complexity index is 891. The van der Waals surface area contributed by atoms with Crippen molar-refractivity contribution in [2.75, 3.05) is 17.7 Å². The van der Waals surface area contributed by atoms with Crippen LogP contribution in [0.4, 0.5) is 11.4 Å². The Kier molecular flexibility index (Phi) is 5.11. The Morgan fingerprint density at radius 1 is 0.960 bits per heavy atom. The van der Waals surface area contributed by atoms with Crippen molar-refractivity contribution in [1.82, 2.24) is 0 Å². The maximum absolute atomic E-state index is 12.6. The summed E-state index contributed by atoms with van der Waals surface area (Å²) in [5, 5.41) is 9.19. The molecule has 0 saturated carbocycles. The predicted molar refractivity (Wildman–Crippen MR) is 99.7 cm³/mol. The smallest absolute Gasteiger partial charge is 0.257 e. The zero-order valence-electron chi connectivity index (χ0n) is 13.5. The number of methoxy groups -OCH3 is 1. The number of benzene rings is 2. The maximum atomic E-state index is 12.6. The zero-order valence-corrected chi connectivity index (χ0v) is 14.3. The normalized spacial score (nSPS) is 10.1. The highest BCUT2D eigenvalue weighted by atomic mass is 32.1. The summed E-state index contributed by atoms with van der Waals surface area (Å²) in [6, 6.07) is 15.7. The monoisotopic (exact) mass is 352 g/mol. The van der Waals surface area contributed by atoms with Crippen molar-refractivity contribution in [3.63, 3.8) is 0 Å². The van der Waals surface area contributed by atoms with Gasteiger partial charge in [-0.1, -0.05) is 18.2 Å². The number of amides is 2. The molecule has 1 aromatic heterocycles. The Morgan fingerprint density at radius 3 is 2.56 bits per heavy atom. The fourth-order valence-electron chi connectivity index (χ4n) is 2.28. The van der Waals surface area contributed by atoms with E-state index >= 15 is 0 Å². The van der Waals surface area contributed by atoms with E-state index in [2.05, 4.69) is 10.6 Å². The number of ether oxygens (including phenoxy) is 1. The molecule has 2 N–H and O–H groups in total. The Hall–Kier alpha value is -3.12. The number of carbonyl (C=O) groups excluding carboxylic acids is 2. The van der Waals surface area contributed by atoms with Crippen LogP contribution in [-0.4, -0.2) is 18.9 Å². The van der Waals surface area contributed by atoms with Gasteiger partial charge in [-0.2, -0.15) is 11.3 Å². The number of nitrogens with one attached hydrogen (secondary N) is 2. The molecular weight excluding hydrogens is 336 g/mol. The zero-order chi connectivity index (χ0) is 17.6. The lowest BCUT2D eigenvalue weighted by Gasteiger charge is -2.11. The Morgan fingerprint density at radius 2 is 1.80 bits per heavy atom. The van der Waals surface area contributed by atoms with Crippen LogP contribution in [0.15, 0.2) is 65.4 Å². The van der Waals surface area contributed by atoms with E-state index in [4.69, 9.17) is 4.74 Å². The maximum Gasteiger partial charge on any atom is 0.257 e. The van der Waals surface area contributed by atoms with E-state index in [0.717, 1.165) is 0 Å². The lowest BCUT2D eigenvalue weighted by Crippen LogP contribution is -2.18. The average molecular weight is 352 g/mol. The molecule has 0 aliphatic rings. The van der Waals surface area contributed by atoms with E-state index in [1.165, 1.54) is 11.3 Å². The van der Waals surface area contributed by atoms with Crippen LogP contribution in [0.25, 0.3) is 0 Å². The first-order chi connectivity index (χ1) is 12.2. The van der Waals surface area contributed by atoms with Gasteiger partial charge in [0.2, 0.25) is 0 Å². The van der Waals surface area contributed by atoms with Gasteiger partial charge in [0.1, 0.15) is 5.75 Å². The van der Waals surface area contributed by atoms with Gasteiger partial charge in [-0.3, -0.25) is 9.59 Å². The van der Waals surface area contributed by atoms with E-state index in [1.54, 1.807) is 67.1 Å². The van der Waals surface area contributed by atoms with Gasteiger partial charge >= 0.3 is 0 Å². The molecule has 0 aliphatic heterocycles. The van der Waals surface area contributed by atoms with Crippen molar-refractivity contribution in [3.05, 3.63) is 76.5 Å². The number of carbonyl (C=O) groups is 2. The van der Waals surface area contributed by atoms with Crippen molar-refractivity contribution in [3.8, 4) is 5.75 Å². The summed E-state index contributed by atoms with van der Waals surface area (Å²) in [4.78, 5) is 24.8. The summed E-state index contributed by atoms with van der Waals surface area (Å²) in [6.45, 7) is 0. The molecule has 0 aliphatic carbocycles. The first-order valence-corrected chi connectivity index (χ1v) is 8.49. The van der Waals surface area contributed by atoms with Gasteiger partial charge in [-0.05, 0) is 35.7 Å². The summed E-state index contributed by atoms with van der Waals surface area (Å²) in [5.41, 5.74) is 2.02. The molecule has 25 heavy (non-hydrogen) atoms. The van der Waals surface area contributed by atoms with Crippen LogP contribution in [0, 0.1) is 0 Å². The van der Waals surface area contributed by atoms with Crippen LogP contribution >= 0.6 is 11.3 Å². The third kappa shape index (κ3) is 4.05. The summed E-state index contributed by atoms with van der Waals surface area (Å²) in [5.74, 6) is 0.0918. The van der Waals surface area contributed by atoms with E-state index in [0.29, 0.717) is 28.3 Å². The average Bonchev–Trinajstić information content (AvgIpc) is 3.17. The number of hydrogen-bond acceptors (Lipinski definition) is 4. The standard InChI is InChI=1S/C19H16N2O3S/c1-24-15-6-4-5-14(11-15)20-19(23)16-7-2-3-8-17(16)21-18(22)13-9-10-25-12-13/h2-12H,1H3,(H,20,23)(H,21,22). The summed E-state index contributed by atoms with van der Waals surface area (Å²) in [6.07, 6.45) is 0. The van der Waals surface area contributed by atoms with E-state index in [-0.39, 0.29) is 11.8 Å². The molecule has 0 saturated heterocycles. The molecular formula is C19H16N2O3S. The Labute approximate surface area is 149 Å². The van der Waals surface area contributed by atoms with Gasteiger partial charge in [0.05, 0.1) is 23.9 Å². The van der Waals surface area contributed by atoms with Gasteiger partial charge in [-0.25, -0.2) is 0 Å². The highest BCUT2D eigenvalue weighted by Gasteiger charge is 2.14. The molecule has 2 amide bonds. The molecule has 0 bridgehead atoms. The van der Waals surface area contributed by atoms with Crippen LogP contribution in [0.1, 0.15) is 20.7 Å². The SMILES string of the molecule is COc1cccc(NC(=O)c2ccccc2NC(=O)c2ccsc2)c1. The predicted octanol–water partition coefficient (Wildman–Crippen LogP) is 4.26. The van der Waals surface area contributed by atoms with Crippen LogP contribution in [0.5, 0.6) is 5.75 Å². The largest absolute Gasteiger partial charge is 0.497 e. The highest BCUT2D eigenvalue weighted by Crippen LogP contribution is 2.21. The van der Waals surface area contributed by atoms with Crippen molar-refractivity contribution in [2.45, 2.75) is 0 Å². The van der Waals surface area contributed by atoms with Gasteiger partial charge in [0, 0.05) is 17.1 Å². The fourth-order valence-corrected chi connectivity index (χ4v) is 2.91. The van der Waals surface area contributed by atoms with Gasteiger partial charge in [0.25, 0.3) is 11.8 Å². The van der Waals surface area contributed by atoms with Crippen molar-refractivity contribution in [1.29, 1.82) is 0 Å². The molecule has 126 valence electrons. The minimum Gasteiger partial charge on any atom is -0.497 e. The number of anilines is 2. The molecule has 2 aromatic carbocycles. The first-order valence-electron chi connectivity index (χ1n) is 7.55. The molecule has 0 radical (unpaired) electrons. The minimum absolute atomic E-state index is 0.247. The second-order valence-electron chi connectivity index (χ2n) is 5.20. The van der Waals surface area contributed by atoms with Crippen molar-refractivity contribution in [2.24, 2.45) is 0 Å². The van der Waals surface area contributed by atoms with E-state index < -0.39 is 0 Å². The molecule has 5 nitrogen and oxygen atoms in total. The van der Waals surface area contributed by atoms with Gasteiger partial charge in [0.15, 0.2) is 0 Å². The molecule has 1 heterocycles.